The van der Waals surface area contributed by atoms with E-state index in [1.165, 1.54) is 0 Å². The van der Waals surface area contributed by atoms with Gasteiger partial charge < -0.3 is 19.9 Å². The summed E-state index contributed by atoms with van der Waals surface area (Å²) in [6.07, 6.45) is 3.39. The van der Waals surface area contributed by atoms with Crippen molar-refractivity contribution < 1.29 is 19.1 Å². The number of nitrogens with zero attached hydrogens (tertiary/aromatic N) is 3. The number of para-hydroxylation sites is 2. The number of piperidine rings is 1. The van der Waals surface area contributed by atoms with Crippen LogP contribution < -0.4 is 15.0 Å². The molecule has 2 aromatic rings. The van der Waals surface area contributed by atoms with Gasteiger partial charge in [-0.3, -0.25) is 14.4 Å². The summed E-state index contributed by atoms with van der Waals surface area (Å²) in [7, 11) is 0. The van der Waals surface area contributed by atoms with Gasteiger partial charge in [0.25, 0.3) is 0 Å². The first kappa shape index (κ1) is 21.8. The van der Waals surface area contributed by atoms with Crippen LogP contribution in [0.25, 0.3) is 0 Å². The van der Waals surface area contributed by atoms with Crippen molar-refractivity contribution in [3.8, 4) is 5.75 Å². The number of hydrogen-bond acceptors (Lipinski definition) is 5. The predicted octanol–water partition coefficient (Wildman–Crippen LogP) is 2.77. The summed E-state index contributed by atoms with van der Waals surface area (Å²) in [5.74, 6) is 0.655. The van der Waals surface area contributed by atoms with Crippen LogP contribution in [-0.2, 0) is 14.4 Å². The number of amides is 3. The van der Waals surface area contributed by atoms with E-state index >= 15 is 0 Å². The summed E-state index contributed by atoms with van der Waals surface area (Å²) < 4.78 is 5.60. The summed E-state index contributed by atoms with van der Waals surface area (Å²) in [6.45, 7) is 3.78. The van der Waals surface area contributed by atoms with Gasteiger partial charge in [-0.2, -0.15) is 0 Å². The van der Waals surface area contributed by atoms with Crippen LogP contribution in [0.5, 0.6) is 5.75 Å². The van der Waals surface area contributed by atoms with Gasteiger partial charge in [-0.15, -0.1) is 0 Å². The molecular formula is C24H28N4O4. The van der Waals surface area contributed by atoms with Crippen LogP contribution >= 0.6 is 0 Å². The van der Waals surface area contributed by atoms with E-state index in [2.05, 4.69) is 10.3 Å². The molecule has 4 rings (SSSR count). The van der Waals surface area contributed by atoms with Crippen molar-refractivity contribution in [2.75, 3.05) is 36.5 Å². The summed E-state index contributed by atoms with van der Waals surface area (Å²) in [6, 6.07) is 11.1. The Kier molecular flexibility index (Phi) is 6.68. The molecule has 0 spiro atoms. The quantitative estimate of drug-likeness (QED) is 0.778. The zero-order valence-corrected chi connectivity index (χ0v) is 18.3. The lowest BCUT2D eigenvalue weighted by atomic mass is 9.96. The van der Waals surface area contributed by atoms with E-state index in [1.807, 2.05) is 43.3 Å². The van der Waals surface area contributed by atoms with Crippen LogP contribution in [0.4, 0.5) is 11.5 Å². The Labute approximate surface area is 187 Å². The highest BCUT2D eigenvalue weighted by molar-refractivity contribution is 5.97. The third kappa shape index (κ3) is 4.90. The Hall–Kier alpha value is -3.42. The maximum Gasteiger partial charge on any atom is 0.230 e. The maximum absolute atomic E-state index is 12.8. The molecule has 0 radical (unpaired) electrons. The van der Waals surface area contributed by atoms with Gasteiger partial charge in [-0.25, -0.2) is 4.98 Å². The SMILES string of the molecule is Cc1cccnc1NC(=O)C1CCCN(C(=O)CCC(=O)N2CCOc3ccccc32)C1. The molecule has 0 saturated carbocycles. The minimum absolute atomic E-state index is 0.0913. The minimum Gasteiger partial charge on any atom is -0.490 e. The number of anilines is 2. The van der Waals surface area contributed by atoms with Crippen LogP contribution in [0.1, 0.15) is 31.2 Å². The molecular weight excluding hydrogens is 408 g/mol. The third-order valence-corrected chi connectivity index (χ3v) is 5.98. The van der Waals surface area contributed by atoms with Crippen LogP contribution in [0.2, 0.25) is 0 Å². The molecule has 1 saturated heterocycles. The molecule has 1 atom stereocenters. The Balaban J connectivity index is 1.30. The Morgan fingerprint density at radius 3 is 2.75 bits per heavy atom. The van der Waals surface area contributed by atoms with Crippen LogP contribution in [-0.4, -0.2) is 53.8 Å². The lowest BCUT2D eigenvalue weighted by Gasteiger charge is -2.32. The Bertz CT molecular complexity index is 1010. The van der Waals surface area contributed by atoms with Gasteiger partial charge in [-0.05, 0) is 43.5 Å². The van der Waals surface area contributed by atoms with Crippen LogP contribution in [0.3, 0.4) is 0 Å². The van der Waals surface area contributed by atoms with E-state index in [-0.39, 0.29) is 36.5 Å². The summed E-state index contributed by atoms with van der Waals surface area (Å²) >= 11 is 0. The average Bonchev–Trinajstić information content (AvgIpc) is 2.83. The molecule has 1 unspecified atom stereocenters. The van der Waals surface area contributed by atoms with Crippen LogP contribution in [0, 0.1) is 12.8 Å². The van der Waals surface area contributed by atoms with Gasteiger partial charge in [0.1, 0.15) is 18.2 Å². The standard InChI is InChI=1S/C24H28N4O4/c1-17-6-4-12-25-23(17)26-24(31)18-7-5-13-27(16-18)21(29)10-11-22(30)28-14-15-32-20-9-3-2-8-19(20)28/h2-4,6,8-9,12,18H,5,7,10-11,13-16H2,1H3,(H,25,26,31). The molecule has 1 fully saturated rings. The highest BCUT2D eigenvalue weighted by Crippen LogP contribution is 2.31. The number of carbonyl (C=O) groups is 3. The largest absolute Gasteiger partial charge is 0.490 e. The lowest BCUT2D eigenvalue weighted by molar-refractivity contribution is -0.136. The Morgan fingerprint density at radius 2 is 1.91 bits per heavy atom. The second-order valence-corrected chi connectivity index (χ2v) is 8.20. The lowest BCUT2D eigenvalue weighted by Crippen LogP contribution is -2.44. The zero-order chi connectivity index (χ0) is 22.5. The molecule has 3 heterocycles. The monoisotopic (exact) mass is 436 g/mol. The van der Waals surface area contributed by atoms with Gasteiger partial charge in [-0.1, -0.05) is 18.2 Å². The molecule has 2 aliphatic rings. The number of carbonyl (C=O) groups excluding carboxylic acids is 3. The molecule has 0 aliphatic carbocycles. The van der Waals surface area contributed by atoms with Gasteiger partial charge in [0.15, 0.2) is 0 Å². The second kappa shape index (κ2) is 9.80. The van der Waals surface area contributed by atoms with E-state index in [4.69, 9.17) is 4.74 Å². The summed E-state index contributed by atoms with van der Waals surface area (Å²) in [5, 5.41) is 2.88. The van der Waals surface area contributed by atoms with Gasteiger partial charge in [0, 0.05) is 32.1 Å². The Morgan fingerprint density at radius 1 is 1.09 bits per heavy atom. The fourth-order valence-electron chi connectivity index (χ4n) is 4.19. The number of hydrogen-bond donors (Lipinski definition) is 1. The van der Waals surface area contributed by atoms with E-state index in [9.17, 15) is 14.4 Å². The molecule has 0 bridgehead atoms. The molecule has 1 aromatic carbocycles. The number of ether oxygens (including phenoxy) is 1. The molecule has 2 aliphatic heterocycles. The first-order valence-corrected chi connectivity index (χ1v) is 11.1. The maximum atomic E-state index is 12.8. The molecule has 168 valence electrons. The van der Waals surface area contributed by atoms with Gasteiger partial charge in [0.2, 0.25) is 17.7 Å². The molecule has 32 heavy (non-hydrogen) atoms. The van der Waals surface area contributed by atoms with Crippen LogP contribution in [0.15, 0.2) is 42.6 Å². The normalized spacial score (nSPS) is 17.8. The fraction of sp³-hybridized carbons (Fsp3) is 0.417. The van der Waals surface area contributed by atoms with E-state index < -0.39 is 0 Å². The van der Waals surface area contributed by atoms with Crippen molar-refractivity contribution in [1.29, 1.82) is 0 Å². The zero-order valence-electron chi connectivity index (χ0n) is 18.3. The highest BCUT2D eigenvalue weighted by Gasteiger charge is 2.30. The fourth-order valence-corrected chi connectivity index (χ4v) is 4.19. The predicted molar refractivity (Wildman–Crippen MR) is 120 cm³/mol. The van der Waals surface area contributed by atoms with Gasteiger partial charge >= 0.3 is 0 Å². The molecule has 1 N–H and O–H groups in total. The highest BCUT2D eigenvalue weighted by atomic mass is 16.5. The van der Waals surface area contributed by atoms with Crippen molar-refractivity contribution >= 4 is 29.2 Å². The summed E-state index contributed by atoms with van der Waals surface area (Å²) in [5.41, 5.74) is 1.64. The number of rotatable bonds is 5. The number of fused-ring (bicyclic) bond motifs is 1. The molecule has 3 amide bonds. The van der Waals surface area contributed by atoms with Crippen molar-refractivity contribution in [3.63, 3.8) is 0 Å². The topological polar surface area (TPSA) is 91.8 Å². The smallest absolute Gasteiger partial charge is 0.230 e. The van der Waals surface area contributed by atoms with E-state index in [0.717, 1.165) is 24.1 Å². The summed E-state index contributed by atoms with van der Waals surface area (Å²) in [4.78, 5) is 45.9. The van der Waals surface area contributed by atoms with Crippen molar-refractivity contribution in [2.24, 2.45) is 5.92 Å². The number of benzene rings is 1. The number of likely N-dealkylation sites (tertiary alicyclic amines) is 1. The number of aromatic nitrogens is 1. The number of aryl methyl sites for hydroxylation is 1. The van der Waals surface area contributed by atoms with Crippen molar-refractivity contribution in [3.05, 3.63) is 48.2 Å². The minimum atomic E-state index is -0.282. The molecule has 8 nitrogen and oxygen atoms in total. The van der Waals surface area contributed by atoms with E-state index in [1.54, 1.807) is 16.0 Å². The molecule has 8 heteroatoms. The average molecular weight is 437 g/mol. The van der Waals surface area contributed by atoms with Gasteiger partial charge in [0.05, 0.1) is 18.2 Å². The number of nitrogens with one attached hydrogen (secondary N) is 1. The van der Waals surface area contributed by atoms with Crippen molar-refractivity contribution in [2.45, 2.75) is 32.6 Å². The second-order valence-electron chi connectivity index (χ2n) is 8.20. The molecule has 1 aromatic heterocycles. The third-order valence-electron chi connectivity index (χ3n) is 5.98. The first-order chi connectivity index (χ1) is 15.5. The number of pyridine rings is 1. The first-order valence-electron chi connectivity index (χ1n) is 11.1. The van der Waals surface area contributed by atoms with E-state index in [0.29, 0.717) is 37.8 Å². The van der Waals surface area contributed by atoms with Crippen molar-refractivity contribution in [1.82, 2.24) is 9.88 Å².